The zero-order valence-electron chi connectivity index (χ0n) is 17.1. The van der Waals surface area contributed by atoms with E-state index in [1.807, 2.05) is 79.7 Å². The van der Waals surface area contributed by atoms with Gasteiger partial charge in [0.15, 0.2) is 6.10 Å². The van der Waals surface area contributed by atoms with Crippen LogP contribution < -0.4 is 4.90 Å². The third-order valence-corrected chi connectivity index (χ3v) is 4.33. The Balaban J connectivity index is 2.02. The summed E-state index contributed by atoms with van der Waals surface area (Å²) in [4.78, 5) is 28.3. The second kappa shape index (κ2) is 10.1. The fraction of sp³-hybridized carbons (Fsp3) is 0.261. The lowest BCUT2D eigenvalue weighted by Crippen LogP contribution is -2.37. The molecule has 2 rings (SSSR count). The molecule has 0 heterocycles. The number of carbonyl (C=O) groups is 2. The SMILES string of the molecule is C[C@@H](OC(=O)/C(C#N)=C/c1ccc(N(C)C)cc1)C(=O)N(C)Cc1ccccc1. The van der Waals surface area contributed by atoms with Gasteiger partial charge in [0, 0.05) is 33.4 Å². The predicted octanol–water partition coefficient (Wildman–Crippen LogP) is 3.25. The number of esters is 1. The van der Waals surface area contributed by atoms with Gasteiger partial charge in [0.1, 0.15) is 11.6 Å². The number of nitriles is 1. The Kier molecular flexibility index (Phi) is 7.55. The van der Waals surface area contributed by atoms with Crippen LogP contribution in [0.2, 0.25) is 0 Å². The highest BCUT2D eigenvalue weighted by Gasteiger charge is 2.23. The van der Waals surface area contributed by atoms with Crippen molar-refractivity contribution < 1.29 is 14.3 Å². The molecule has 150 valence electrons. The quantitative estimate of drug-likeness (QED) is 0.411. The number of benzene rings is 2. The van der Waals surface area contributed by atoms with Crippen LogP contribution in [0.1, 0.15) is 18.1 Å². The molecule has 6 heteroatoms. The first-order chi connectivity index (χ1) is 13.8. The summed E-state index contributed by atoms with van der Waals surface area (Å²) in [6.07, 6.45) is 0.455. The number of hydrogen-bond donors (Lipinski definition) is 0. The van der Waals surface area contributed by atoms with Crippen LogP contribution in [0.15, 0.2) is 60.2 Å². The van der Waals surface area contributed by atoms with E-state index in [4.69, 9.17) is 4.74 Å². The lowest BCUT2D eigenvalue weighted by atomic mass is 10.1. The standard InChI is InChI=1S/C23H25N3O3/c1-17(22(27)26(4)16-19-8-6-5-7-9-19)29-23(28)20(15-24)14-18-10-12-21(13-11-18)25(2)3/h5-14,17H,16H2,1-4H3/b20-14+/t17-/m1/s1. The predicted molar refractivity (Wildman–Crippen MR) is 113 cm³/mol. The fourth-order valence-electron chi connectivity index (χ4n) is 2.69. The molecule has 0 bridgehead atoms. The summed E-state index contributed by atoms with van der Waals surface area (Å²) in [5.41, 5.74) is 2.52. The van der Waals surface area contributed by atoms with Crippen molar-refractivity contribution in [3.8, 4) is 6.07 Å². The van der Waals surface area contributed by atoms with E-state index in [0.29, 0.717) is 12.1 Å². The van der Waals surface area contributed by atoms with Crippen LogP contribution in [0, 0.1) is 11.3 Å². The van der Waals surface area contributed by atoms with Crippen LogP contribution in [-0.2, 0) is 20.9 Å². The van der Waals surface area contributed by atoms with E-state index >= 15 is 0 Å². The molecular formula is C23H25N3O3. The van der Waals surface area contributed by atoms with Gasteiger partial charge in [-0.05, 0) is 36.3 Å². The van der Waals surface area contributed by atoms with Crippen molar-refractivity contribution in [1.82, 2.24) is 4.90 Å². The number of amides is 1. The van der Waals surface area contributed by atoms with Crippen molar-refractivity contribution in [3.05, 3.63) is 71.3 Å². The summed E-state index contributed by atoms with van der Waals surface area (Å²) >= 11 is 0. The van der Waals surface area contributed by atoms with Crippen LogP contribution >= 0.6 is 0 Å². The Hall–Kier alpha value is -3.59. The molecule has 29 heavy (non-hydrogen) atoms. The smallest absolute Gasteiger partial charge is 0.349 e. The third kappa shape index (κ3) is 6.22. The highest BCUT2D eigenvalue weighted by Crippen LogP contribution is 2.15. The van der Waals surface area contributed by atoms with Crippen LogP contribution in [0.5, 0.6) is 0 Å². The first-order valence-corrected chi connectivity index (χ1v) is 9.21. The van der Waals surface area contributed by atoms with Gasteiger partial charge in [-0.25, -0.2) is 4.79 Å². The van der Waals surface area contributed by atoms with E-state index in [0.717, 1.165) is 11.3 Å². The maximum atomic E-state index is 12.5. The van der Waals surface area contributed by atoms with Crippen LogP contribution in [-0.4, -0.2) is 44.0 Å². The number of hydrogen-bond acceptors (Lipinski definition) is 5. The summed E-state index contributed by atoms with van der Waals surface area (Å²) in [5, 5.41) is 9.33. The number of carbonyl (C=O) groups excluding carboxylic acids is 2. The van der Waals surface area contributed by atoms with Crippen LogP contribution in [0.3, 0.4) is 0 Å². The molecule has 1 amide bonds. The molecule has 0 radical (unpaired) electrons. The van der Waals surface area contributed by atoms with Gasteiger partial charge in [-0.3, -0.25) is 4.79 Å². The number of rotatable bonds is 7. The molecule has 0 N–H and O–H groups in total. The van der Waals surface area contributed by atoms with E-state index in [1.54, 1.807) is 7.05 Å². The van der Waals surface area contributed by atoms with Gasteiger partial charge in [0.2, 0.25) is 0 Å². The normalized spacial score (nSPS) is 11.9. The first kappa shape index (κ1) is 21.7. The molecular weight excluding hydrogens is 366 g/mol. The Morgan fingerprint density at radius 2 is 1.69 bits per heavy atom. The summed E-state index contributed by atoms with van der Waals surface area (Å²) in [6, 6.07) is 18.8. The van der Waals surface area contributed by atoms with Gasteiger partial charge in [-0.2, -0.15) is 5.26 Å². The summed E-state index contributed by atoms with van der Waals surface area (Å²) < 4.78 is 5.23. The van der Waals surface area contributed by atoms with E-state index in [9.17, 15) is 14.9 Å². The maximum Gasteiger partial charge on any atom is 0.349 e. The van der Waals surface area contributed by atoms with Gasteiger partial charge >= 0.3 is 5.97 Å². The molecule has 0 saturated heterocycles. The van der Waals surface area contributed by atoms with Crippen molar-refractivity contribution in [2.75, 3.05) is 26.0 Å². The molecule has 0 fully saturated rings. The minimum atomic E-state index is -0.996. The lowest BCUT2D eigenvalue weighted by Gasteiger charge is -2.21. The zero-order valence-corrected chi connectivity index (χ0v) is 17.1. The number of likely N-dealkylation sites (N-methyl/N-ethyl adjacent to an activating group) is 1. The summed E-state index contributed by atoms with van der Waals surface area (Å²) in [5.74, 6) is -1.16. The largest absolute Gasteiger partial charge is 0.448 e. The van der Waals surface area contributed by atoms with Gasteiger partial charge in [0.05, 0.1) is 0 Å². The molecule has 0 spiro atoms. The average molecular weight is 391 g/mol. The monoisotopic (exact) mass is 391 g/mol. The topological polar surface area (TPSA) is 73.6 Å². The van der Waals surface area contributed by atoms with Gasteiger partial charge < -0.3 is 14.5 Å². The summed E-state index contributed by atoms with van der Waals surface area (Å²) in [7, 11) is 5.50. The third-order valence-electron chi connectivity index (χ3n) is 4.33. The van der Waals surface area contributed by atoms with Crippen molar-refractivity contribution in [1.29, 1.82) is 5.26 Å². The minimum Gasteiger partial charge on any atom is -0.448 e. The van der Waals surface area contributed by atoms with Gasteiger partial charge in [-0.15, -0.1) is 0 Å². The average Bonchev–Trinajstić information content (AvgIpc) is 2.72. The van der Waals surface area contributed by atoms with E-state index < -0.39 is 12.1 Å². The second-order valence-corrected chi connectivity index (χ2v) is 6.88. The fourth-order valence-corrected chi connectivity index (χ4v) is 2.69. The second-order valence-electron chi connectivity index (χ2n) is 6.88. The van der Waals surface area contributed by atoms with Crippen LogP contribution in [0.25, 0.3) is 6.08 Å². The highest BCUT2D eigenvalue weighted by atomic mass is 16.5. The Morgan fingerprint density at radius 3 is 2.24 bits per heavy atom. The molecule has 0 saturated carbocycles. The number of anilines is 1. The zero-order chi connectivity index (χ0) is 21.4. The molecule has 0 aliphatic heterocycles. The Labute approximate surface area is 171 Å². The van der Waals surface area contributed by atoms with Crippen molar-refractivity contribution >= 4 is 23.6 Å². The molecule has 0 unspecified atom stereocenters. The minimum absolute atomic E-state index is 0.159. The van der Waals surface area contributed by atoms with E-state index in [2.05, 4.69) is 0 Å². The molecule has 2 aromatic carbocycles. The number of nitrogens with zero attached hydrogens (tertiary/aromatic N) is 3. The first-order valence-electron chi connectivity index (χ1n) is 9.21. The molecule has 1 atom stereocenters. The molecule has 0 aromatic heterocycles. The molecule has 0 aliphatic rings. The van der Waals surface area contributed by atoms with Crippen molar-refractivity contribution in [2.24, 2.45) is 0 Å². The molecule has 0 aliphatic carbocycles. The lowest BCUT2D eigenvalue weighted by molar-refractivity contribution is -0.155. The van der Waals surface area contributed by atoms with E-state index in [-0.39, 0.29) is 11.5 Å². The molecule has 6 nitrogen and oxygen atoms in total. The number of ether oxygens (including phenoxy) is 1. The highest BCUT2D eigenvalue weighted by molar-refractivity contribution is 5.99. The van der Waals surface area contributed by atoms with E-state index in [1.165, 1.54) is 17.9 Å². The van der Waals surface area contributed by atoms with Gasteiger partial charge in [-0.1, -0.05) is 42.5 Å². The maximum absolute atomic E-state index is 12.5. The molecule has 2 aromatic rings. The summed E-state index contributed by atoms with van der Waals surface area (Å²) in [6.45, 7) is 1.91. The Morgan fingerprint density at radius 1 is 1.07 bits per heavy atom. The van der Waals surface area contributed by atoms with Crippen molar-refractivity contribution in [2.45, 2.75) is 19.6 Å². The van der Waals surface area contributed by atoms with Crippen LogP contribution in [0.4, 0.5) is 5.69 Å². The van der Waals surface area contributed by atoms with Gasteiger partial charge in [0.25, 0.3) is 5.91 Å². The van der Waals surface area contributed by atoms with Crippen molar-refractivity contribution in [3.63, 3.8) is 0 Å². The Bertz CT molecular complexity index is 913.